The van der Waals surface area contributed by atoms with Crippen LogP contribution in [0.1, 0.15) is 45.1 Å². The molecule has 2 rings (SSSR count). The molecule has 0 aromatic heterocycles. The molecule has 0 bridgehead atoms. The first-order valence-corrected chi connectivity index (χ1v) is 11.0. The van der Waals surface area contributed by atoms with Crippen LogP contribution in [0, 0.1) is 11.3 Å². The van der Waals surface area contributed by atoms with E-state index in [2.05, 4.69) is 5.32 Å². The molecule has 180 valence electrons. The van der Waals surface area contributed by atoms with Crippen LogP contribution in [0.4, 0.5) is 0 Å². The van der Waals surface area contributed by atoms with Crippen molar-refractivity contribution >= 4 is 11.8 Å². The fourth-order valence-electron chi connectivity index (χ4n) is 4.05. The van der Waals surface area contributed by atoms with Gasteiger partial charge in [-0.25, -0.2) is 0 Å². The van der Waals surface area contributed by atoms with E-state index in [4.69, 9.17) is 18.9 Å². The summed E-state index contributed by atoms with van der Waals surface area (Å²) in [5.41, 5.74) is 0.752. The highest BCUT2D eigenvalue weighted by molar-refractivity contribution is 5.83. The van der Waals surface area contributed by atoms with Crippen molar-refractivity contribution in [3.63, 3.8) is 0 Å². The van der Waals surface area contributed by atoms with Gasteiger partial charge in [0.05, 0.1) is 27.2 Å². The van der Waals surface area contributed by atoms with Crippen molar-refractivity contribution in [1.82, 2.24) is 10.2 Å². The number of likely N-dealkylation sites (tertiary alicyclic amines) is 1. The van der Waals surface area contributed by atoms with Crippen molar-refractivity contribution in [2.45, 2.75) is 39.5 Å². The Morgan fingerprint density at radius 3 is 2.16 bits per heavy atom. The minimum atomic E-state index is -0.371. The van der Waals surface area contributed by atoms with Gasteiger partial charge in [-0.1, -0.05) is 20.8 Å². The summed E-state index contributed by atoms with van der Waals surface area (Å²) < 4.78 is 21.5. The number of benzene rings is 1. The van der Waals surface area contributed by atoms with Crippen LogP contribution in [0.15, 0.2) is 12.1 Å². The highest BCUT2D eigenvalue weighted by Crippen LogP contribution is 2.43. The summed E-state index contributed by atoms with van der Waals surface area (Å²) in [6, 6.07) is 3.74. The van der Waals surface area contributed by atoms with Crippen LogP contribution in [0.2, 0.25) is 0 Å². The van der Waals surface area contributed by atoms with Crippen LogP contribution in [0.3, 0.4) is 0 Å². The highest BCUT2D eigenvalue weighted by atomic mass is 16.5. The lowest BCUT2D eigenvalue weighted by molar-refractivity contribution is -0.132. The average Bonchev–Trinajstić information content (AvgIpc) is 3.20. The normalized spacial score (nSPS) is 18.4. The van der Waals surface area contributed by atoms with E-state index >= 15 is 0 Å². The zero-order valence-corrected chi connectivity index (χ0v) is 20.4. The second-order valence-corrected chi connectivity index (χ2v) is 9.35. The highest BCUT2D eigenvalue weighted by Gasteiger charge is 2.41. The first-order valence-electron chi connectivity index (χ1n) is 11.0. The Morgan fingerprint density at radius 1 is 1.03 bits per heavy atom. The van der Waals surface area contributed by atoms with E-state index in [-0.39, 0.29) is 29.1 Å². The van der Waals surface area contributed by atoms with Crippen molar-refractivity contribution in [2.75, 3.05) is 54.7 Å². The first kappa shape index (κ1) is 25.8. The van der Waals surface area contributed by atoms with Crippen LogP contribution in [0.5, 0.6) is 17.2 Å². The van der Waals surface area contributed by atoms with E-state index in [0.717, 1.165) is 12.0 Å². The lowest BCUT2D eigenvalue weighted by Crippen LogP contribution is -2.36. The van der Waals surface area contributed by atoms with Crippen molar-refractivity contribution in [3.8, 4) is 17.2 Å². The van der Waals surface area contributed by atoms with E-state index in [0.29, 0.717) is 49.9 Å². The molecule has 1 heterocycles. The lowest BCUT2D eigenvalue weighted by atomic mass is 9.88. The smallest absolute Gasteiger partial charge is 0.225 e. The third kappa shape index (κ3) is 6.51. The molecule has 1 N–H and O–H groups in total. The minimum Gasteiger partial charge on any atom is -0.493 e. The molecule has 0 aliphatic carbocycles. The monoisotopic (exact) mass is 450 g/mol. The van der Waals surface area contributed by atoms with Gasteiger partial charge in [0.25, 0.3) is 0 Å². The molecular weight excluding hydrogens is 412 g/mol. The van der Waals surface area contributed by atoms with E-state index in [1.165, 1.54) is 0 Å². The van der Waals surface area contributed by atoms with Crippen molar-refractivity contribution < 1.29 is 28.5 Å². The van der Waals surface area contributed by atoms with Gasteiger partial charge < -0.3 is 29.2 Å². The Labute approximate surface area is 191 Å². The molecule has 32 heavy (non-hydrogen) atoms. The quantitative estimate of drug-likeness (QED) is 0.552. The molecule has 2 amide bonds. The standard InChI is InChI=1S/C24H38N2O6/c1-24(2,3)13-21(27)26-14-17(18(15-26)23(28)25-9-8-10-29-4)16-11-19(30-5)22(32-7)20(12-16)31-6/h11-12,17-18H,8-10,13-15H2,1-7H3,(H,25,28)/t17-,18-/m0/s1. The number of nitrogens with zero attached hydrogens (tertiary/aromatic N) is 1. The molecule has 8 heteroatoms. The minimum absolute atomic E-state index is 0.0598. The van der Waals surface area contributed by atoms with Gasteiger partial charge >= 0.3 is 0 Å². The number of carbonyl (C=O) groups is 2. The molecule has 1 aliphatic rings. The Morgan fingerprint density at radius 2 is 1.66 bits per heavy atom. The van der Waals surface area contributed by atoms with Gasteiger partial charge in [-0.3, -0.25) is 9.59 Å². The van der Waals surface area contributed by atoms with Crippen LogP contribution < -0.4 is 19.5 Å². The Balaban J connectivity index is 2.34. The van der Waals surface area contributed by atoms with Crippen LogP contribution in [-0.4, -0.2) is 71.4 Å². The molecule has 1 aliphatic heterocycles. The van der Waals surface area contributed by atoms with E-state index in [1.54, 1.807) is 33.3 Å². The molecule has 1 aromatic rings. The fraction of sp³-hybridized carbons (Fsp3) is 0.667. The second-order valence-electron chi connectivity index (χ2n) is 9.35. The van der Waals surface area contributed by atoms with E-state index < -0.39 is 0 Å². The third-order valence-electron chi connectivity index (χ3n) is 5.63. The van der Waals surface area contributed by atoms with Gasteiger partial charge in [-0.05, 0) is 29.5 Å². The molecule has 0 unspecified atom stereocenters. The summed E-state index contributed by atoms with van der Waals surface area (Å²) in [6.07, 6.45) is 1.16. The fourth-order valence-corrected chi connectivity index (χ4v) is 4.05. The number of amides is 2. The number of rotatable bonds is 10. The maximum absolute atomic E-state index is 13.1. The number of carbonyl (C=O) groups excluding carboxylic acids is 2. The third-order valence-corrected chi connectivity index (χ3v) is 5.63. The van der Waals surface area contributed by atoms with Crippen LogP contribution in [-0.2, 0) is 14.3 Å². The topological polar surface area (TPSA) is 86.3 Å². The summed E-state index contributed by atoms with van der Waals surface area (Å²) in [5.74, 6) is 0.994. The number of hydrogen-bond donors (Lipinski definition) is 1. The number of nitrogens with one attached hydrogen (secondary N) is 1. The average molecular weight is 451 g/mol. The van der Waals surface area contributed by atoms with E-state index in [9.17, 15) is 9.59 Å². The van der Waals surface area contributed by atoms with Gasteiger partial charge in [0.15, 0.2) is 11.5 Å². The number of methoxy groups -OCH3 is 4. The van der Waals surface area contributed by atoms with Gasteiger partial charge in [0.2, 0.25) is 17.6 Å². The molecule has 1 aromatic carbocycles. The van der Waals surface area contributed by atoms with Gasteiger partial charge in [0, 0.05) is 45.7 Å². The van der Waals surface area contributed by atoms with Crippen molar-refractivity contribution in [3.05, 3.63) is 17.7 Å². The van der Waals surface area contributed by atoms with Gasteiger partial charge in [-0.2, -0.15) is 0 Å². The Hall–Kier alpha value is -2.48. The SMILES string of the molecule is COCCCNC(=O)[C@H]1CN(C(=O)CC(C)(C)C)C[C@H]1c1cc(OC)c(OC)c(OC)c1. The van der Waals surface area contributed by atoms with Crippen molar-refractivity contribution in [2.24, 2.45) is 11.3 Å². The summed E-state index contributed by atoms with van der Waals surface area (Å²) in [5, 5.41) is 3.00. The van der Waals surface area contributed by atoms with Crippen LogP contribution >= 0.6 is 0 Å². The predicted octanol–water partition coefficient (Wildman–Crippen LogP) is 2.84. The Kier molecular flexibility index (Phi) is 9.19. The molecule has 0 spiro atoms. The van der Waals surface area contributed by atoms with Crippen LogP contribution in [0.25, 0.3) is 0 Å². The lowest BCUT2D eigenvalue weighted by Gasteiger charge is -2.23. The number of ether oxygens (including phenoxy) is 4. The maximum Gasteiger partial charge on any atom is 0.225 e. The van der Waals surface area contributed by atoms with Crippen molar-refractivity contribution in [1.29, 1.82) is 0 Å². The van der Waals surface area contributed by atoms with Gasteiger partial charge in [-0.15, -0.1) is 0 Å². The largest absolute Gasteiger partial charge is 0.493 e. The molecular formula is C24H38N2O6. The Bertz CT molecular complexity index is 764. The van der Waals surface area contributed by atoms with E-state index in [1.807, 2.05) is 32.9 Å². The first-order chi connectivity index (χ1) is 15.1. The van der Waals surface area contributed by atoms with Gasteiger partial charge in [0.1, 0.15) is 0 Å². The number of hydrogen-bond acceptors (Lipinski definition) is 6. The summed E-state index contributed by atoms with van der Waals surface area (Å²) >= 11 is 0. The molecule has 8 nitrogen and oxygen atoms in total. The summed E-state index contributed by atoms with van der Waals surface area (Å²) in [4.78, 5) is 27.9. The zero-order chi connectivity index (χ0) is 23.9. The second kappa shape index (κ2) is 11.4. The molecule has 0 radical (unpaired) electrons. The zero-order valence-electron chi connectivity index (χ0n) is 20.4. The molecule has 1 saturated heterocycles. The molecule has 0 saturated carbocycles. The predicted molar refractivity (Wildman–Crippen MR) is 122 cm³/mol. The molecule has 2 atom stereocenters. The summed E-state index contributed by atoms with van der Waals surface area (Å²) in [7, 11) is 6.32. The maximum atomic E-state index is 13.1. The summed E-state index contributed by atoms with van der Waals surface area (Å²) in [6.45, 7) is 8.07. The molecule has 1 fully saturated rings.